The predicted octanol–water partition coefficient (Wildman–Crippen LogP) is 2.41. The number of hydrogen-bond donors (Lipinski definition) is 2. The van der Waals surface area contributed by atoms with Crippen LogP contribution in [0.25, 0.3) is 0 Å². The summed E-state index contributed by atoms with van der Waals surface area (Å²) in [6.07, 6.45) is 2.72. The Balaban J connectivity index is 1.78. The Morgan fingerprint density at radius 1 is 1.40 bits per heavy atom. The first-order valence-corrected chi connectivity index (χ1v) is 8.89. The molecular weight excluding hydrogens is 322 g/mol. The average molecular weight is 349 g/mol. The van der Waals surface area contributed by atoms with E-state index in [2.05, 4.69) is 5.32 Å². The van der Waals surface area contributed by atoms with Gasteiger partial charge in [0.25, 0.3) is 5.91 Å². The monoisotopic (exact) mass is 349 g/mol. The molecule has 1 aromatic carbocycles. The van der Waals surface area contributed by atoms with Crippen molar-refractivity contribution in [2.24, 2.45) is 5.41 Å². The number of amides is 1. The fraction of sp³-hybridized carbons (Fsp3) is 0.632. The first-order chi connectivity index (χ1) is 12.0. The van der Waals surface area contributed by atoms with E-state index in [4.69, 9.17) is 14.2 Å². The molecule has 1 heterocycles. The fourth-order valence-corrected chi connectivity index (χ4v) is 4.12. The van der Waals surface area contributed by atoms with E-state index in [9.17, 15) is 9.90 Å². The van der Waals surface area contributed by atoms with Gasteiger partial charge in [-0.15, -0.1) is 0 Å². The summed E-state index contributed by atoms with van der Waals surface area (Å²) in [5, 5.41) is 13.4. The standard InChI is InChI=1S/C19H27NO5/c1-4-25-16-11-15(19(16)5-7-24-8-6-19)20-18(22)13-9-12(2)10-14(23-3)17(13)21/h9-10,15-16,21H,4-8,11H2,1-3H3,(H,20,22)/t15-,16+/m1/s1. The molecule has 1 saturated carbocycles. The maximum Gasteiger partial charge on any atom is 0.255 e. The summed E-state index contributed by atoms with van der Waals surface area (Å²) in [7, 11) is 1.48. The number of ether oxygens (including phenoxy) is 3. The minimum Gasteiger partial charge on any atom is -0.504 e. The zero-order valence-electron chi connectivity index (χ0n) is 15.1. The largest absolute Gasteiger partial charge is 0.504 e. The highest BCUT2D eigenvalue weighted by Crippen LogP contribution is 2.50. The highest BCUT2D eigenvalue weighted by molar-refractivity contribution is 5.98. The van der Waals surface area contributed by atoms with E-state index >= 15 is 0 Å². The normalized spacial score (nSPS) is 24.6. The number of benzene rings is 1. The van der Waals surface area contributed by atoms with Gasteiger partial charge in [0.2, 0.25) is 0 Å². The number of hydrogen-bond acceptors (Lipinski definition) is 5. The second-order valence-corrected chi connectivity index (χ2v) is 6.91. The molecule has 0 bridgehead atoms. The van der Waals surface area contributed by atoms with Gasteiger partial charge in [0.05, 0.1) is 18.8 Å². The van der Waals surface area contributed by atoms with E-state index < -0.39 is 0 Å². The smallest absolute Gasteiger partial charge is 0.255 e. The lowest BCUT2D eigenvalue weighted by Crippen LogP contribution is -2.66. The maximum absolute atomic E-state index is 12.8. The van der Waals surface area contributed by atoms with Crippen molar-refractivity contribution in [1.82, 2.24) is 5.32 Å². The van der Waals surface area contributed by atoms with Crippen LogP contribution in [0, 0.1) is 12.3 Å². The summed E-state index contributed by atoms with van der Waals surface area (Å²) >= 11 is 0. The molecule has 2 fully saturated rings. The molecule has 1 aromatic rings. The Morgan fingerprint density at radius 2 is 2.12 bits per heavy atom. The third-order valence-corrected chi connectivity index (χ3v) is 5.57. The Morgan fingerprint density at radius 3 is 2.76 bits per heavy atom. The molecule has 3 rings (SSSR count). The van der Waals surface area contributed by atoms with E-state index in [0.29, 0.717) is 25.6 Å². The molecular formula is C19H27NO5. The number of phenols is 1. The van der Waals surface area contributed by atoms with Crippen molar-refractivity contribution in [2.75, 3.05) is 26.9 Å². The Labute approximate surface area is 148 Å². The van der Waals surface area contributed by atoms with E-state index in [1.54, 1.807) is 12.1 Å². The van der Waals surface area contributed by atoms with Gasteiger partial charge in [0, 0.05) is 31.3 Å². The minimum atomic E-state index is -0.273. The number of carbonyl (C=O) groups excluding carboxylic acids is 1. The zero-order chi connectivity index (χ0) is 18.0. The molecule has 25 heavy (non-hydrogen) atoms. The molecule has 2 atom stereocenters. The number of aromatic hydroxyl groups is 1. The van der Waals surface area contributed by atoms with Gasteiger partial charge in [-0.25, -0.2) is 0 Å². The first kappa shape index (κ1) is 18.0. The van der Waals surface area contributed by atoms with Crippen LogP contribution in [0.1, 0.15) is 42.1 Å². The number of nitrogens with one attached hydrogen (secondary N) is 1. The predicted molar refractivity (Wildman–Crippen MR) is 93.2 cm³/mol. The first-order valence-electron chi connectivity index (χ1n) is 8.89. The number of phenolic OH excluding ortho intramolecular Hbond substituents is 1. The Hall–Kier alpha value is -1.79. The highest BCUT2D eigenvalue weighted by Gasteiger charge is 2.56. The molecule has 1 spiro atoms. The molecule has 2 aliphatic rings. The van der Waals surface area contributed by atoms with E-state index in [1.165, 1.54) is 7.11 Å². The van der Waals surface area contributed by atoms with E-state index in [-0.39, 0.29) is 34.8 Å². The molecule has 1 aliphatic carbocycles. The van der Waals surface area contributed by atoms with Crippen molar-refractivity contribution >= 4 is 5.91 Å². The van der Waals surface area contributed by atoms with Crippen molar-refractivity contribution in [1.29, 1.82) is 0 Å². The molecule has 0 radical (unpaired) electrons. The van der Waals surface area contributed by atoms with Crippen molar-refractivity contribution in [3.8, 4) is 11.5 Å². The molecule has 6 heteroatoms. The average Bonchev–Trinajstić information content (AvgIpc) is 2.63. The topological polar surface area (TPSA) is 77.0 Å². The van der Waals surface area contributed by atoms with Gasteiger partial charge in [0.1, 0.15) is 0 Å². The number of carbonyl (C=O) groups is 1. The van der Waals surface area contributed by atoms with Crippen LogP contribution < -0.4 is 10.1 Å². The molecule has 2 N–H and O–H groups in total. The summed E-state index contributed by atoms with van der Waals surface area (Å²) in [5.74, 6) is -0.0793. The van der Waals surface area contributed by atoms with E-state index in [0.717, 1.165) is 24.8 Å². The van der Waals surface area contributed by atoms with Gasteiger partial charge >= 0.3 is 0 Å². The van der Waals surface area contributed by atoms with Crippen LogP contribution in [-0.2, 0) is 9.47 Å². The van der Waals surface area contributed by atoms with Crippen LogP contribution in [0.15, 0.2) is 12.1 Å². The number of aryl methyl sites for hydroxylation is 1. The van der Waals surface area contributed by atoms with Crippen LogP contribution in [0.3, 0.4) is 0 Å². The molecule has 0 aromatic heterocycles. The molecule has 0 unspecified atom stereocenters. The van der Waals surface area contributed by atoms with Gasteiger partial charge in [-0.05, 0) is 50.8 Å². The quantitative estimate of drug-likeness (QED) is 0.854. The maximum atomic E-state index is 12.8. The molecule has 1 aliphatic heterocycles. The highest BCUT2D eigenvalue weighted by atomic mass is 16.5. The van der Waals surface area contributed by atoms with Crippen LogP contribution >= 0.6 is 0 Å². The van der Waals surface area contributed by atoms with Crippen LogP contribution in [-0.4, -0.2) is 50.1 Å². The van der Waals surface area contributed by atoms with Gasteiger partial charge < -0.3 is 24.6 Å². The van der Waals surface area contributed by atoms with Crippen molar-refractivity contribution < 1.29 is 24.1 Å². The molecule has 1 saturated heterocycles. The lowest BCUT2D eigenvalue weighted by Gasteiger charge is -2.57. The Kier molecular flexibility index (Phi) is 5.20. The molecule has 1 amide bonds. The van der Waals surface area contributed by atoms with Gasteiger partial charge in [-0.1, -0.05) is 0 Å². The lowest BCUT2D eigenvalue weighted by molar-refractivity contribution is -0.170. The summed E-state index contributed by atoms with van der Waals surface area (Å²) in [5.41, 5.74) is 1.05. The number of methoxy groups -OCH3 is 1. The van der Waals surface area contributed by atoms with Gasteiger partial charge in [0.15, 0.2) is 11.5 Å². The fourth-order valence-electron chi connectivity index (χ4n) is 4.12. The SMILES string of the molecule is CCO[C@H]1C[C@@H](NC(=O)c2cc(C)cc(OC)c2O)C12CCOCC2. The van der Waals surface area contributed by atoms with Gasteiger partial charge in [-0.3, -0.25) is 4.79 Å². The minimum absolute atomic E-state index is 0.0337. The second-order valence-electron chi connectivity index (χ2n) is 6.91. The Bertz CT molecular complexity index is 639. The van der Waals surface area contributed by atoms with Crippen LogP contribution in [0.4, 0.5) is 0 Å². The molecule has 6 nitrogen and oxygen atoms in total. The van der Waals surface area contributed by atoms with E-state index in [1.807, 2.05) is 13.8 Å². The zero-order valence-corrected chi connectivity index (χ0v) is 15.1. The lowest BCUT2D eigenvalue weighted by atomic mass is 9.57. The van der Waals surface area contributed by atoms with Crippen LogP contribution in [0.5, 0.6) is 11.5 Å². The van der Waals surface area contributed by atoms with Crippen LogP contribution in [0.2, 0.25) is 0 Å². The third kappa shape index (κ3) is 3.20. The number of rotatable bonds is 5. The summed E-state index contributed by atoms with van der Waals surface area (Å²) < 4.78 is 16.6. The molecule has 138 valence electrons. The third-order valence-electron chi connectivity index (χ3n) is 5.57. The van der Waals surface area contributed by atoms with Crippen molar-refractivity contribution in [3.63, 3.8) is 0 Å². The summed E-state index contributed by atoms with van der Waals surface area (Å²) in [6.45, 7) is 5.92. The van der Waals surface area contributed by atoms with Crippen molar-refractivity contribution in [2.45, 2.75) is 45.3 Å². The summed E-state index contributed by atoms with van der Waals surface area (Å²) in [6, 6.07) is 3.43. The summed E-state index contributed by atoms with van der Waals surface area (Å²) in [4.78, 5) is 12.8. The van der Waals surface area contributed by atoms with Gasteiger partial charge in [-0.2, -0.15) is 0 Å². The second kappa shape index (κ2) is 7.22. The van der Waals surface area contributed by atoms with Crippen molar-refractivity contribution in [3.05, 3.63) is 23.3 Å².